The SMILES string of the molecule is COc1ccc(C(CN)CN2CCCC2)cc1Cl. The molecule has 1 aliphatic rings. The standard InChI is InChI=1S/C14H21ClN2O/c1-18-14-5-4-11(8-13(14)15)12(9-16)10-17-6-2-3-7-17/h4-5,8,12H,2-3,6-7,9-10,16H2,1H3. The Bertz CT molecular complexity index is 391. The van der Waals surface area contributed by atoms with Crippen molar-refractivity contribution in [1.29, 1.82) is 0 Å². The highest BCUT2D eigenvalue weighted by Crippen LogP contribution is 2.28. The third-order valence-corrected chi connectivity index (χ3v) is 3.90. The van der Waals surface area contributed by atoms with E-state index in [0.717, 1.165) is 12.3 Å². The predicted molar refractivity (Wildman–Crippen MR) is 75.5 cm³/mol. The van der Waals surface area contributed by atoms with Crippen LogP contribution < -0.4 is 10.5 Å². The van der Waals surface area contributed by atoms with Gasteiger partial charge >= 0.3 is 0 Å². The molecule has 0 spiro atoms. The van der Waals surface area contributed by atoms with Crippen LogP contribution in [-0.4, -0.2) is 38.2 Å². The molecule has 4 heteroatoms. The first kappa shape index (κ1) is 13.7. The molecule has 1 aromatic rings. The minimum absolute atomic E-state index is 0.353. The number of hydrogen-bond acceptors (Lipinski definition) is 3. The summed E-state index contributed by atoms with van der Waals surface area (Å²) in [5.41, 5.74) is 7.11. The molecule has 0 aromatic heterocycles. The molecule has 2 rings (SSSR count). The van der Waals surface area contributed by atoms with Gasteiger partial charge in [0.15, 0.2) is 0 Å². The molecule has 2 N–H and O–H groups in total. The Balaban J connectivity index is 2.08. The van der Waals surface area contributed by atoms with Crippen LogP contribution in [0, 0.1) is 0 Å². The highest BCUT2D eigenvalue weighted by atomic mass is 35.5. The molecule has 0 bridgehead atoms. The van der Waals surface area contributed by atoms with E-state index in [4.69, 9.17) is 22.1 Å². The summed E-state index contributed by atoms with van der Waals surface area (Å²) in [6.45, 7) is 4.07. The monoisotopic (exact) mass is 268 g/mol. The fourth-order valence-electron chi connectivity index (χ4n) is 2.53. The lowest BCUT2D eigenvalue weighted by Gasteiger charge is -2.23. The quantitative estimate of drug-likeness (QED) is 0.892. The Morgan fingerprint density at radius 2 is 2.11 bits per heavy atom. The molecular formula is C14H21ClN2O. The molecule has 1 heterocycles. The van der Waals surface area contributed by atoms with Gasteiger partial charge in [-0.1, -0.05) is 17.7 Å². The molecule has 1 atom stereocenters. The molecule has 1 aromatic carbocycles. The van der Waals surface area contributed by atoms with Crippen molar-refractivity contribution in [2.75, 3.05) is 33.3 Å². The fraction of sp³-hybridized carbons (Fsp3) is 0.571. The van der Waals surface area contributed by atoms with E-state index >= 15 is 0 Å². The van der Waals surface area contributed by atoms with Crippen molar-refractivity contribution < 1.29 is 4.74 Å². The minimum atomic E-state index is 0.353. The van der Waals surface area contributed by atoms with Gasteiger partial charge in [0.05, 0.1) is 12.1 Å². The lowest BCUT2D eigenvalue weighted by Crippen LogP contribution is -2.29. The van der Waals surface area contributed by atoms with Gasteiger partial charge in [-0.2, -0.15) is 0 Å². The van der Waals surface area contributed by atoms with Gasteiger partial charge in [-0.3, -0.25) is 0 Å². The van der Waals surface area contributed by atoms with E-state index in [0.29, 0.717) is 17.5 Å². The van der Waals surface area contributed by atoms with Crippen LogP contribution in [0.2, 0.25) is 5.02 Å². The molecule has 1 fully saturated rings. The lowest BCUT2D eigenvalue weighted by molar-refractivity contribution is 0.315. The molecule has 1 unspecified atom stereocenters. The minimum Gasteiger partial charge on any atom is -0.495 e. The lowest BCUT2D eigenvalue weighted by atomic mass is 9.98. The maximum atomic E-state index is 6.17. The number of hydrogen-bond donors (Lipinski definition) is 1. The van der Waals surface area contributed by atoms with E-state index in [1.165, 1.54) is 31.5 Å². The smallest absolute Gasteiger partial charge is 0.137 e. The molecule has 18 heavy (non-hydrogen) atoms. The molecule has 1 aliphatic heterocycles. The average molecular weight is 269 g/mol. The van der Waals surface area contributed by atoms with Gasteiger partial charge in [0, 0.05) is 19.0 Å². The van der Waals surface area contributed by atoms with Crippen LogP contribution in [0.15, 0.2) is 18.2 Å². The van der Waals surface area contributed by atoms with Crippen molar-refractivity contribution in [3.8, 4) is 5.75 Å². The summed E-state index contributed by atoms with van der Waals surface area (Å²) in [6.07, 6.45) is 2.61. The topological polar surface area (TPSA) is 38.5 Å². The highest BCUT2D eigenvalue weighted by molar-refractivity contribution is 6.32. The number of benzene rings is 1. The Morgan fingerprint density at radius 1 is 1.39 bits per heavy atom. The summed E-state index contributed by atoms with van der Waals surface area (Å²) in [4.78, 5) is 2.48. The van der Waals surface area contributed by atoms with Gasteiger partial charge in [-0.05, 0) is 43.6 Å². The summed E-state index contributed by atoms with van der Waals surface area (Å²) in [7, 11) is 1.63. The molecular weight excluding hydrogens is 248 g/mol. The van der Waals surface area contributed by atoms with Crippen LogP contribution in [0.5, 0.6) is 5.75 Å². The summed E-state index contributed by atoms with van der Waals surface area (Å²) in [5, 5.41) is 0.662. The number of ether oxygens (including phenoxy) is 1. The average Bonchev–Trinajstić information content (AvgIpc) is 2.88. The zero-order valence-corrected chi connectivity index (χ0v) is 11.6. The number of nitrogens with zero attached hydrogens (tertiary/aromatic N) is 1. The Kier molecular flexibility index (Phi) is 4.87. The molecule has 1 saturated heterocycles. The summed E-state index contributed by atoms with van der Waals surface area (Å²) in [5.74, 6) is 1.07. The van der Waals surface area contributed by atoms with E-state index in [1.54, 1.807) is 7.11 Å². The van der Waals surface area contributed by atoms with Crippen molar-refractivity contribution in [2.24, 2.45) is 5.73 Å². The van der Waals surface area contributed by atoms with Gasteiger partial charge < -0.3 is 15.4 Å². The predicted octanol–water partition coefficient (Wildman–Crippen LogP) is 2.49. The van der Waals surface area contributed by atoms with Gasteiger partial charge in [-0.25, -0.2) is 0 Å². The second-order valence-electron chi connectivity index (χ2n) is 4.83. The Hall–Kier alpha value is -0.770. The van der Waals surface area contributed by atoms with E-state index in [-0.39, 0.29) is 0 Å². The number of halogens is 1. The van der Waals surface area contributed by atoms with Gasteiger partial charge in [0.25, 0.3) is 0 Å². The molecule has 100 valence electrons. The molecule has 0 saturated carbocycles. The fourth-order valence-corrected chi connectivity index (χ4v) is 2.80. The van der Waals surface area contributed by atoms with Crippen LogP contribution in [0.4, 0.5) is 0 Å². The third kappa shape index (κ3) is 3.16. The van der Waals surface area contributed by atoms with E-state index in [2.05, 4.69) is 11.0 Å². The molecule has 0 radical (unpaired) electrons. The van der Waals surface area contributed by atoms with Gasteiger partial charge in [0.1, 0.15) is 5.75 Å². The maximum absolute atomic E-state index is 6.17. The van der Waals surface area contributed by atoms with Crippen LogP contribution in [0.1, 0.15) is 24.3 Å². The number of methoxy groups -OCH3 is 1. The van der Waals surface area contributed by atoms with Crippen molar-refractivity contribution in [3.63, 3.8) is 0 Å². The van der Waals surface area contributed by atoms with Crippen LogP contribution in [-0.2, 0) is 0 Å². The van der Waals surface area contributed by atoms with Crippen LogP contribution in [0.25, 0.3) is 0 Å². The summed E-state index contributed by atoms with van der Waals surface area (Å²) >= 11 is 6.17. The first-order chi connectivity index (χ1) is 8.74. The van der Waals surface area contributed by atoms with Crippen LogP contribution >= 0.6 is 11.6 Å². The summed E-state index contributed by atoms with van der Waals surface area (Å²) in [6, 6.07) is 5.97. The van der Waals surface area contributed by atoms with Crippen molar-refractivity contribution >= 4 is 11.6 Å². The van der Waals surface area contributed by atoms with Crippen molar-refractivity contribution in [1.82, 2.24) is 4.90 Å². The number of likely N-dealkylation sites (tertiary alicyclic amines) is 1. The van der Waals surface area contributed by atoms with E-state index in [1.807, 2.05) is 12.1 Å². The zero-order chi connectivity index (χ0) is 13.0. The van der Waals surface area contributed by atoms with E-state index in [9.17, 15) is 0 Å². The van der Waals surface area contributed by atoms with E-state index < -0.39 is 0 Å². The van der Waals surface area contributed by atoms with Crippen molar-refractivity contribution in [3.05, 3.63) is 28.8 Å². The third-order valence-electron chi connectivity index (χ3n) is 3.61. The van der Waals surface area contributed by atoms with Gasteiger partial charge in [-0.15, -0.1) is 0 Å². The summed E-state index contributed by atoms with van der Waals surface area (Å²) < 4.78 is 5.17. The second kappa shape index (κ2) is 6.41. The van der Waals surface area contributed by atoms with Gasteiger partial charge in [0.2, 0.25) is 0 Å². The molecule has 0 amide bonds. The number of rotatable bonds is 5. The maximum Gasteiger partial charge on any atom is 0.137 e. The van der Waals surface area contributed by atoms with Crippen LogP contribution in [0.3, 0.4) is 0 Å². The zero-order valence-electron chi connectivity index (χ0n) is 10.9. The molecule has 3 nitrogen and oxygen atoms in total. The first-order valence-electron chi connectivity index (χ1n) is 6.50. The van der Waals surface area contributed by atoms with Crippen molar-refractivity contribution in [2.45, 2.75) is 18.8 Å². The Labute approximate surface area is 114 Å². The number of nitrogens with two attached hydrogens (primary N) is 1. The molecule has 0 aliphatic carbocycles. The normalized spacial score (nSPS) is 17.9. The first-order valence-corrected chi connectivity index (χ1v) is 6.88. The largest absolute Gasteiger partial charge is 0.495 e. The highest BCUT2D eigenvalue weighted by Gasteiger charge is 2.18. The second-order valence-corrected chi connectivity index (χ2v) is 5.24. The Morgan fingerprint density at radius 3 is 2.67 bits per heavy atom.